The van der Waals surface area contributed by atoms with Gasteiger partial charge < -0.3 is 21.7 Å². The fourth-order valence-electron chi connectivity index (χ4n) is 4.11. The van der Waals surface area contributed by atoms with Crippen molar-refractivity contribution in [1.29, 1.82) is 0 Å². The molecular formula is C19H29ClN4O2. The number of hydrogen-bond acceptors (Lipinski definition) is 4. The van der Waals surface area contributed by atoms with E-state index in [-0.39, 0.29) is 30.2 Å². The van der Waals surface area contributed by atoms with Gasteiger partial charge in [0, 0.05) is 24.7 Å². The minimum atomic E-state index is -0.433. The van der Waals surface area contributed by atoms with Crippen LogP contribution in [0, 0.1) is 11.8 Å². The lowest BCUT2D eigenvalue weighted by Crippen LogP contribution is -2.32. The minimum absolute atomic E-state index is 0. The number of benzene rings is 1. The summed E-state index contributed by atoms with van der Waals surface area (Å²) >= 11 is 0. The average molecular weight is 381 g/mol. The molecule has 1 aliphatic carbocycles. The summed E-state index contributed by atoms with van der Waals surface area (Å²) in [6, 6.07) is 5.37. The summed E-state index contributed by atoms with van der Waals surface area (Å²) in [5, 5.41) is 3.02. The summed E-state index contributed by atoms with van der Waals surface area (Å²) in [4.78, 5) is 26.6. The number of nitrogens with one attached hydrogen (secondary N) is 1. The molecule has 0 unspecified atom stereocenters. The van der Waals surface area contributed by atoms with Crippen molar-refractivity contribution in [2.75, 3.05) is 29.9 Å². The van der Waals surface area contributed by atoms with Crippen LogP contribution in [0.5, 0.6) is 0 Å². The summed E-state index contributed by atoms with van der Waals surface area (Å²) in [6.45, 7) is 2.38. The Morgan fingerprint density at radius 2 is 1.85 bits per heavy atom. The van der Waals surface area contributed by atoms with Gasteiger partial charge in [-0.3, -0.25) is 9.59 Å². The highest BCUT2D eigenvalue weighted by Gasteiger charge is 2.32. The third-order valence-corrected chi connectivity index (χ3v) is 5.53. The number of hydrogen-bond donors (Lipinski definition) is 3. The van der Waals surface area contributed by atoms with Crippen LogP contribution in [0.1, 0.15) is 48.9 Å². The fourth-order valence-corrected chi connectivity index (χ4v) is 4.11. The third-order valence-electron chi connectivity index (χ3n) is 5.53. The smallest absolute Gasteiger partial charge is 0.250 e. The topological polar surface area (TPSA) is 101 Å². The summed E-state index contributed by atoms with van der Waals surface area (Å²) in [5.74, 6) is -0.146. The van der Waals surface area contributed by atoms with Crippen LogP contribution < -0.4 is 21.7 Å². The van der Waals surface area contributed by atoms with Crippen LogP contribution in [0.3, 0.4) is 0 Å². The van der Waals surface area contributed by atoms with Crippen LogP contribution in [0.15, 0.2) is 18.2 Å². The number of nitrogens with zero attached hydrogens (tertiary/aromatic N) is 1. The van der Waals surface area contributed by atoms with Gasteiger partial charge >= 0.3 is 0 Å². The summed E-state index contributed by atoms with van der Waals surface area (Å²) in [5.41, 5.74) is 13.4. The molecule has 144 valence electrons. The molecule has 1 aliphatic heterocycles. The Labute approximate surface area is 161 Å². The van der Waals surface area contributed by atoms with Crippen molar-refractivity contribution in [2.45, 2.75) is 38.5 Å². The Balaban J connectivity index is 0.00000243. The standard InChI is InChI=1S/C19H28N4O2.ClH/c20-12-13-5-4-6-15(13)19(25)22-14-7-8-16(18(21)24)17(11-14)23-9-2-1-3-10-23;/h7-8,11,13,15H,1-6,9-10,12,20H2,(H2,21,24)(H,22,25);1H/t13-,15-;/m1./s1. The molecule has 1 aromatic carbocycles. The van der Waals surface area contributed by atoms with E-state index in [4.69, 9.17) is 11.5 Å². The van der Waals surface area contributed by atoms with E-state index in [2.05, 4.69) is 10.2 Å². The van der Waals surface area contributed by atoms with Crippen LogP contribution in [-0.4, -0.2) is 31.4 Å². The van der Waals surface area contributed by atoms with E-state index in [1.165, 1.54) is 6.42 Å². The predicted molar refractivity (Wildman–Crippen MR) is 107 cm³/mol. The number of carbonyl (C=O) groups is 2. The minimum Gasteiger partial charge on any atom is -0.371 e. The van der Waals surface area contributed by atoms with E-state index in [1.54, 1.807) is 12.1 Å². The van der Waals surface area contributed by atoms with Crippen molar-refractivity contribution >= 4 is 35.6 Å². The second-order valence-corrected chi connectivity index (χ2v) is 7.17. The number of halogens is 1. The first-order chi connectivity index (χ1) is 12.1. The molecule has 2 fully saturated rings. The van der Waals surface area contributed by atoms with Gasteiger partial charge in [-0.15, -0.1) is 12.4 Å². The molecular weight excluding hydrogens is 352 g/mol. The van der Waals surface area contributed by atoms with Crippen LogP contribution >= 0.6 is 12.4 Å². The second-order valence-electron chi connectivity index (χ2n) is 7.17. The zero-order valence-electron chi connectivity index (χ0n) is 15.1. The predicted octanol–water partition coefficient (Wildman–Crippen LogP) is 2.51. The highest BCUT2D eigenvalue weighted by molar-refractivity contribution is 6.01. The Hall–Kier alpha value is -1.79. The molecule has 26 heavy (non-hydrogen) atoms. The van der Waals surface area contributed by atoms with Gasteiger partial charge in [0.2, 0.25) is 5.91 Å². The summed E-state index contributed by atoms with van der Waals surface area (Å²) < 4.78 is 0. The number of anilines is 2. The van der Waals surface area contributed by atoms with Gasteiger partial charge in [0.1, 0.15) is 0 Å². The van der Waals surface area contributed by atoms with E-state index in [0.717, 1.165) is 56.6 Å². The highest BCUT2D eigenvalue weighted by Crippen LogP contribution is 2.33. The molecule has 2 atom stereocenters. The quantitative estimate of drug-likeness (QED) is 0.730. The second kappa shape index (κ2) is 9.24. The number of carbonyl (C=O) groups excluding carboxylic acids is 2. The van der Waals surface area contributed by atoms with Crippen LogP contribution in [0.4, 0.5) is 11.4 Å². The van der Waals surface area contributed by atoms with Crippen molar-refractivity contribution in [3.63, 3.8) is 0 Å². The molecule has 5 N–H and O–H groups in total. The Kier molecular flexibility index (Phi) is 7.29. The van der Waals surface area contributed by atoms with E-state index >= 15 is 0 Å². The SMILES string of the molecule is Cl.NC[C@H]1CCC[C@H]1C(=O)Nc1ccc(C(N)=O)c(N2CCCCC2)c1. The molecule has 1 aromatic rings. The lowest BCUT2D eigenvalue weighted by Gasteiger charge is -2.30. The molecule has 3 rings (SSSR count). The lowest BCUT2D eigenvalue weighted by atomic mass is 9.95. The maximum absolute atomic E-state index is 12.6. The van der Waals surface area contributed by atoms with Crippen molar-refractivity contribution in [3.05, 3.63) is 23.8 Å². The van der Waals surface area contributed by atoms with Crippen molar-refractivity contribution in [1.82, 2.24) is 0 Å². The average Bonchev–Trinajstić information content (AvgIpc) is 3.11. The first-order valence-electron chi connectivity index (χ1n) is 9.30. The number of nitrogens with two attached hydrogens (primary N) is 2. The zero-order valence-corrected chi connectivity index (χ0v) is 15.9. The molecule has 6 nitrogen and oxygen atoms in total. The Morgan fingerprint density at radius 1 is 1.12 bits per heavy atom. The van der Waals surface area contributed by atoms with E-state index in [9.17, 15) is 9.59 Å². The lowest BCUT2D eigenvalue weighted by molar-refractivity contribution is -0.120. The maximum Gasteiger partial charge on any atom is 0.250 e. The molecule has 1 saturated heterocycles. The number of rotatable bonds is 5. The van der Waals surface area contributed by atoms with Gasteiger partial charge in [-0.05, 0) is 62.8 Å². The molecule has 0 spiro atoms. The van der Waals surface area contributed by atoms with Crippen molar-refractivity contribution < 1.29 is 9.59 Å². The van der Waals surface area contributed by atoms with Crippen LogP contribution in [0.25, 0.3) is 0 Å². The highest BCUT2D eigenvalue weighted by atomic mass is 35.5. The van der Waals surface area contributed by atoms with Crippen LogP contribution in [-0.2, 0) is 4.79 Å². The third kappa shape index (κ3) is 4.48. The van der Waals surface area contributed by atoms with E-state index < -0.39 is 5.91 Å². The number of amides is 2. The first-order valence-corrected chi connectivity index (χ1v) is 9.30. The van der Waals surface area contributed by atoms with Crippen molar-refractivity contribution in [2.24, 2.45) is 23.3 Å². The number of primary amides is 1. The molecule has 1 saturated carbocycles. The molecule has 0 bridgehead atoms. The number of piperidine rings is 1. The van der Waals surface area contributed by atoms with Gasteiger partial charge in [0.25, 0.3) is 5.91 Å². The van der Waals surface area contributed by atoms with Crippen LogP contribution in [0.2, 0.25) is 0 Å². The van der Waals surface area contributed by atoms with Gasteiger partial charge in [-0.25, -0.2) is 0 Å². The monoisotopic (exact) mass is 380 g/mol. The Bertz CT molecular complexity index is 646. The van der Waals surface area contributed by atoms with Gasteiger partial charge in [-0.2, -0.15) is 0 Å². The maximum atomic E-state index is 12.6. The molecule has 2 amide bonds. The van der Waals surface area contributed by atoms with E-state index in [1.807, 2.05) is 6.07 Å². The molecule has 7 heteroatoms. The molecule has 0 aromatic heterocycles. The van der Waals surface area contributed by atoms with Gasteiger partial charge in [-0.1, -0.05) is 6.42 Å². The first kappa shape index (κ1) is 20.5. The fraction of sp³-hybridized carbons (Fsp3) is 0.579. The molecule has 2 aliphatic rings. The van der Waals surface area contributed by atoms with Gasteiger partial charge in [0.05, 0.1) is 11.3 Å². The normalized spacial score (nSPS) is 22.6. The summed E-state index contributed by atoms with van der Waals surface area (Å²) in [6.07, 6.45) is 6.39. The zero-order chi connectivity index (χ0) is 17.8. The van der Waals surface area contributed by atoms with E-state index in [0.29, 0.717) is 12.1 Å². The summed E-state index contributed by atoms with van der Waals surface area (Å²) in [7, 11) is 0. The van der Waals surface area contributed by atoms with Crippen molar-refractivity contribution in [3.8, 4) is 0 Å². The molecule has 1 heterocycles. The largest absolute Gasteiger partial charge is 0.371 e. The Morgan fingerprint density at radius 3 is 2.50 bits per heavy atom. The van der Waals surface area contributed by atoms with Gasteiger partial charge in [0.15, 0.2) is 0 Å². The molecule has 0 radical (unpaired) electrons.